The summed E-state index contributed by atoms with van der Waals surface area (Å²) in [6, 6.07) is 2.35. The Morgan fingerprint density at radius 1 is 1.55 bits per heavy atom. The van der Waals surface area contributed by atoms with Crippen LogP contribution in [0.25, 0.3) is 0 Å². The summed E-state index contributed by atoms with van der Waals surface area (Å²) in [6.07, 6.45) is -1.36. The van der Waals surface area contributed by atoms with Gasteiger partial charge in [0.15, 0.2) is 6.10 Å². The summed E-state index contributed by atoms with van der Waals surface area (Å²) < 4.78 is 14.2. The maximum Gasteiger partial charge on any atom is 0.257 e. The minimum Gasteiger partial charge on any atom is -0.378 e. The van der Waals surface area contributed by atoms with E-state index in [-0.39, 0.29) is 23.8 Å². The number of anilines is 2. The normalized spacial score (nSPS) is 17.1. The second-order valence-corrected chi connectivity index (χ2v) is 4.97. The van der Waals surface area contributed by atoms with Gasteiger partial charge in [-0.1, -0.05) is 0 Å². The van der Waals surface area contributed by atoms with Gasteiger partial charge in [0.25, 0.3) is 5.91 Å². The Hall–Kier alpha value is -2.15. The fourth-order valence-corrected chi connectivity index (χ4v) is 2.19. The molecule has 6 nitrogen and oxygen atoms in total. The van der Waals surface area contributed by atoms with Crippen molar-refractivity contribution in [1.29, 1.82) is 0 Å². The Bertz CT molecular complexity index is 574. The van der Waals surface area contributed by atoms with Crippen LogP contribution in [0.1, 0.15) is 25.5 Å². The highest BCUT2D eigenvalue weighted by Crippen LogP contribution is 2.36. The molecule has 0 fully saturated rings. The van der Waals surface area contributed by atoms with Gasteiger partial charge in [0, 0.05) is 17.3 Å². The third-order valence-electron chi connectivity index (χ3n) is 3.18. The van der Waals surface area contributed by atoms with Gasteiger partial charge in [-0.15, -0.1) is 0 Å². The Balaban J connectivity index is 2.45. The number of primary amides is 1. The molecule has 0 aliphatic carbocycles. The molecule has 1 aliphatic rings. The molecule has 0 bridgehead atoms. The van der Waals surface area contributed by atoms with E-state index < -0.39 is 23.7 Å². The van der Waals surface area contributed by atoms with E-state index in [1.54, 1.807) is 13.8 Å². The van der Waals surface area contributed by atoms with Crippen LogP contribution in [0, 0.1) is 5.82 Å². The van der Waals surface area contributed by atoms with Crippen LogP contribution in [-0.4, -0.2) is 29.5 Å². The summed E-state index contributed by atoms with van der Waals surface area (Å²) in [4.78, 5) is 23.9. The van der Waals surface area contributed by atoms with Crippen molar-refractivity contribution in [3.05, 3.63) is 23.5 Å². The quantitative estimate of drug-likeness (QED) is 0.749. The van der Waals surface area contributed by atoms with Crippen molar-refractivity contribution in [3.8, 4) is 0 Å². The third-order valence-corrected chi connectivity index (χ3v) is 3.18. The summed E-state index contributed by atoms with van der Waals surface area (Å²) >= 11 is 0. The highest BCUT2D eigenvalue weighted by molar-refractivity contribution is 6.02. The fourth-order valence-electron chi connectivity index (χ4n) is 2.19. The molecule has 0 radical (unpaired) electrons. The number of nitrogens with zero attached hydrogens (tertiary/aromatic N) is 1. The van der Waals surface area contributed by atoms with Crippen molar-refractivity contribution in [2.45, 2.75) is 26.0 Å². The molecule has 108 valence electrons. The SMILES string of the molecule is CC(C)N(CC(N)=O)c1cc2c(cc1F)C(O)C(=O)N2. The smallest absolute Gasteiger partial charge is 0.257 e. The van der Waals surface area contributed by atoms with E-state index in [1.165, 1.54) is 11.0 Å². The van der Waals surface area contributed by atoms with E-state index in [1.807, 2.05) is 0 Å². The van der Waals surface area contributed by atoms with E-state index in [4.69, 9.17) is 5.73 Å². The molecule has 20 heavy (non-hydrogen) atoms. The first-order valence-electron chi connectivity index (χ1n) is 6.18. The second-order valence-electron chi connectivity index (χ2n) is 4.97. The number of rotatable bonds is 4. The van der Waals surface area contributed by atoms with Gasteiger partial charge < -0.3 is 21.1 Å². The number of aliphatic hydroxyl groups excluding tert-OH is 1. The van der Waals surface area contributed by atoms with Crippen LogP contribution in [0.3, 0.4) is 0 Å². The number of hydrogen-bond acceptors (Lipinski definition) is 4. The van der Waals surface area contributed by atoms with Gasteiger partial charge in [-0.2, -0.15) is 0 Å². The molecule has 0 saturated carbocycles. The van der Waals surface area contributed by atoms with Crippen LogP contribution >= 0.6 is 0 Å². The van der Waals surface area contributed by atoms with Gasteiger partial charge in [-0.3, -0.25) is 9.59 Å². The molecule has 1 unspecified atom stereocenters. The van der Waals surface area contributed by atoms with Crippen molar-refractivity contribution in [2.24, 2.45) is 5.73 Å². The molecule has 7 heteroatoms. The maximum atomic E-state index is 14.2. The lowest BCUT2D eigenvalue weighted by atomic mass is 10.1. The lowest BCUT2D eigenvalue weighted by Gasteiger charge is -2.28. The lowest BCUT2D eigenvalue weighted by Crippen LogP contribution is -2.39. The monoisotopic (exact) mass is 281 g/mol. The average Bonchev–Trinajstić information content (AvgIpc) is 2.61. The van der Waals surface area contributed by atoms with Gasteiger partial charge in [0.05, 0.1) is 12.2 Å². The van der Waals surface area contributed by atoms with Crippen LogP contribution in [0.2, 0.25) is 0 Å². The number of fused-ring (bicyclic) bond motifs is 1. The molecular formula is C13H16FN3O3. The number of aliphatic hydroxyl groups is 1. The van der Waals surface area contributed by atoms with E-state index >= 15 is 0 Å². The average molecular weight is 281 g/mol. The molecule has 0 aromatic heterocycles. The topological polar surface area (TPSA) is 95.7 Å². The highest BCUT2D eigenvalue weighted by atomic mass is 19.1. The first-order valence-corrected chi connectivity index (χ1v) is 6.18. The van der Waals surface area contributed by atoms with Crippen LogP contribution in [0.15, 0.2) is 12.1 Å². The van der Waals surface area contributed by atoms with Crippen molar-refractivity contribution in [3.63, 3.8) is 0 Å². The Morgan fingerprint density at radius 2 is 2.20 bits per heavy atom. The molecule has 2 rings (SSSR count). The van der Waals surface area contributed by atoms with Crippen LogP contribution < -0.4 is 16.0 Å². The van der Waals surface area contributed by atoms with Gasteiger partial charge >= 0.3 is 0 Å². The molecule has 0 saturated heterocycles. The summed E-state index contributed by atoms with van der Waals surface area (Å²) in [5.74, 6) is -1.79. The minimum absolute atomic E-state index is 0.135. The molecule has 1 aromatic carbocycles. The van der Waals surface area contributed by atoms with Gasteiger partial charge in [-0.25, -0.2) is 4.39 Å². The molecule has 1 aromatic rings. The van der Waals surface area contributed by atoms with E-state index in [9.17, 15) is 19.1 Å². The molecule has 2 amide bonds. The van der Waals surface area contributed by atoms with Crippen molar-refractivity contribution in [2.75, 3.05) is 16.8 Å². The van der Waals surface area contributed by atoms with E-state index in [2.05, 4.69) is 5.32 Å². The molecule has 1 aliphatic heterocycles. The van der Waals surface area contributed by atoms with Crippen LogP contribution in [0.5, 0.6) is 0 Å². The zero-order valence-corrected chi connectivity index (χ0v) is 11.2. The summed E-state index contributed by atoms with van der Waals surface area (Å²) in [5, 5.41) is 12.1. The maximum absolute atomic E-state index is 14.2. The zero-order valence-electron chi connectivity index (χ0n) is 11.2. The summed E-state index contributed by atoms with van der Waals surface area (Å²) in [7, 11) is 0. The number of nitrogens with two attached hydrogens (primary N) is 1. The summed E-state index contributed by atoms with van der Waals surface area (Å²) in [5.41, 5.74) is 5.86. The van der Waals surface area contributed by atoms with E-state index in [0.717, 1.165) is 6.07 Å². The predicted molar refractivity (Wildman–Crippen MR) is 71.7 cm³/mol. The van der Waals surface area contributed by atoms with E-state index in [0.29, 0.717) is 5.69 Å². The number of carbonyl (C=O) groups excluding carboxylic acids is 2. The Morgan fingerprint density at radius 3 is 2.75 bits per heavy atom. The molecular weight excluding hydrogens is 265 g/mol. The Kier molecular flexibility index (Phi) is 3.63. The van der Waals surface area contributed by atoms with Crippen molar-refractivity contribution < 1.29 is 19.1 Å². The van der Waals surface area contributed by atoms with Gasteiger partial charge in [0.1, 0.15) is 5.82 Å². The van der Waals surface area contributed by atoms with Gasteiger partial charge in [0.2, 0.25) is 5.91 Å². The first kappa shape index (κ1) is 14.3. The largest absolute Gasteiger partial charge is 0.378 e. The third kappa shape index (κ3) is 2.44. The molecule has 1 atom stereocenters. The van der Waals surface area contributed by atoms with Crippen molar-refractivity contribution >= 4 is 23.2 Å². The number of halogens is 1. The molecule has 4 N–H and O–H groups in total. The number of carbonyl (C=O) groups is 2. The van der Waals surface area contributed by atoms with Crippen LogP contribution in [0.4, 0.5) is 15.8 Å². The lowest BCUT2D eigenvalue weighted by molar-refractivity contribution is -0.123. The minimum atomic E-state index is -1.36. The second kappa shape index (κ2) is 5.09. The Labute approximate surface area is 115 Å². The van der Waals surface area contributed by atoms with Crippen molar-refractivity contribution in [1.82, 2.24) is 0 Å². The molecule has 0 spiro atoms. The van der Waals surface area contributed by atoms with Gasteiger partial charge in [-0.05, 0) is 26.0 Å². The zero-order chi connectivity index (χ0) is 15.0. The standard InChI is InChI=1S/C13H16FN3O3/c1-6(2)17(5-11(15)18)10-4-9-7(3-8(10)14)12(19)13(20)16-9/h3-4,6,12,19H,5H2,1-2H3,(H2,15,18)(H,16,20). The highest BCUT2D eigenvalue weighted by Gasteiger charge is 2.31. The number of amides is 2. The number of benzene rings is 1. The van der Waals surface area contributed by atoms with Crippen LogP contribution in [-0.2, 0) is 9.59 Å². The predicted octanol–water partition coefficient (Wildman–Crippen LogP) is 0.511. The fraction of sp³-hybridized carbons (Fsp3) is 0.385. The number of hydrogen-bond donors (Lipinski definition) is 3. The summed E-state index contributed by atoms with van der Waals surface area (Å²) in [6.45, 7) is 3.45. The number of nitrogens with one attached hydrogen (secondary N) is 1. The molecule has 1 heterocycles. The first-order chi connectivity index (χ1) is 9.31.